The van der Waals surface area contributed by atoms with E-state index in [1.807, 2.05) is 0 Å². The number of ether oxygens (including phenoxy) is 2. The minimum absolute atomic E-state index is 0.106. The van der Waals surface area contributed by atoms with E-state index in [0.29, 0.717) is 33.0 Å². The van der Waals surface area contributed by atoms with Crippen molar-refractivity contribution in [3.8, 4) is 23.3 Å². The number of carbonyl (C=O) groups is 1. The summed E-state index contributed by atoms with van der Waals surface area (Å²) < 4.78 is 39.4. The van der Waals surface area contributed by atoms with Gasteiger partial charge in [0.2, 0.25) is 0 Å². The van der Waals surface area contributed by atoms with Gasteiger partial charge < -0.3 is 14.6 Å². The lowest BCUT2D eigenvalue weighted by Gasteiger charge is -2.15. The van der Waals surface area contributed by atoms with Crippen LogP contribution in [-0.4, -0.2) is 38.7 Å². The van der Waals surface area contributed by atoms with Gasteiger partial charge in [-0.05, 0) is 55.3 Å². The molecule has 10 heteroatoms. The largest absolute Gasteiger partial charge is 0.496 e. The second kappa shape index (κ2) is 10.0. The molecular formula is C24H21ClN2O6S. The van der Waals surface area contributed by atoms with E-state index in [9.17, 15) is 13.2 Å². The fourth-order valence-electron chi connectivity index (χ4n) is 3.14. The van der Waals surface area contributed by atoms with Crippen LogP contribution in [-0.2, 0) is 10.0 Å². The summed E-state index contributed by atoms with van der Waals surface area (Å²) in [7, 11) is -1.06. The Bertz CT molecular complexity index is 1440. The summed E-state index contributed by atoms with van der Waals surface area (Å²) in [5, 5.41) is 9.45. The molecule has 8 nitrogen and oxygen atoms in total. The van der Waals surface area contributed by atoms with Gasteiger partial charge in [0.1, 0.15) is 11.5 Å². The normalized spacial score (nSPS) is 10.7. The number of hydrogen-bond donors (Lipinski definition) is 2. The fraction of sp³-hybridized carbons (Fsp3) is 0.167. The zero-order chi connectivity index (χ0) is 25.0. The Labute approximate surface area is 202 Å². The topological polar surface area (TPSA) is 115 Å². The Morgan fingerprint density at radius 1 is 1.00 bits per heavy atom. The molecule has 0 spiro atoms. The van der Waals surface area contributed by atoms with E-state index in [1.54, 1.807) is 26.0 Å². The maximum Gasteiger partial charge on any atom is 0.354 e. The van der Waals surface area contributed by atoms with Crippen LogP contribution in [0, 0.1) is 25.7 Å². The lowest BCUT2D eigenvalue weighted by molar-refractivity contribution is 0.0690. The number of nitrogens with one attached hydrogen (secondary N) is 1. The molecule has 34 heavy (non-hydrogen) atoms. The van der Waals surface area contributed by atoms with E-state index in [2.05, 4.69) is 21.5 Å². The van der Waals surface area contributed by atoms with E-state index in [1.165, 1.54) is 44.7 Å². The summed E-state index contributed by atoms with van der Waals surface area (Å²) in [6, 6.07) is 8.90. The molecule has 0 aliphatic rings. The van der Waals surface area contributed by atoms with Crippen LogP contribution in [0.1, 0.15) is 32.7 Å². The molecule has 2 N–H and O–H groups in total. The fourth-order valence-corrected chi connectivity index (χ4v) is 4.70. The van der Waals surface area contributed by atoms with Crippen molar-refractivity contribution in [3.63, 3.8) is 0 Å². The van der Waals surface area contributed by atoms with Gasteiger partial charge in [-0.25, -0.2) is 18.2 Å². The van der Waals surface area contributed by atoms with Crippen LogP contribution in [0.5, 0.6) is 11.5 Å². The maximum atomic E-state index is 13.2. The van der Waals surface area contributed by atoms with Gasteiger partial charge in [-0.2, -0.15) is 0 Å². The van der Waals surface area contributed by atoms with E-state index < -0.39 is 16.0 Å². The Hall–Kier alpha value is -3.74. The van der Waals surface area contributed by atoms with Crippen molar-refractivity contribution < 1.29 is 27.8 Å². The maximum absolute atomic E-state index is 13.2. The number of halogens is 1. The molecule has 1 heterocycles. The summed E-state index contributed by atoms with van der Waals surface area (Å²) in [5.41, 5.74) is 1.93. The summed E-state index contributed by atoms with van der Waals surface area (Å²) in [5.74, 6) is 5.30. The second-order valence-electron chi connectivity index (χ2n) is 7.14. The van der Waals surface area contributed by atoms with Crippen LogP contribution in [0.25, 0.3) is 0 Å². The number of benzene rings is 2. The average molecular weight is 501 g/mol. The predicted molar refractivity (Wildman–Crippen MR) is 128 cm³/mol. The van der Waals surface area contributed by atoms with Crippen molar-refractivity contribution in [3.05, 3.63) is 75.6 Å². The Morgan fingerprint density at radius 2 is 1.68 bits per heavy atom. The van der Waals surface area contributed by atoms with E-state index in [4.69, 9.17) is 26.2 Å². The lowest BCUT2D eigenvalue weighted by Crippen LogP contribution is -2.15. The standard InChI is InChI=1S/C24H21ClN2O6S/c1-14-15(2)23(10-9-21(14)32-3)34(30,31)27-19-8-7-18(25)11-16(19)5-6-17-13-26-20(24(28)29)12-22(17)33-4/h7-13,27H,1-4H3,(H,28,29). The number of aromatic carboxylic acids is 1. The monoisotopic (exact) mass is 500 g/mol. The van der Waals surface area contributed by atoms with Gasteiger partial charge in [-0.15, -0.1) is 0 Å². The third-order valence-electron chi connectivity index (χ3n) is 5.06. The average Bonchev–Trinajstić information content (AvgIpc) is 2.80. The van der Waals surface area contributed by atoms with Crippen LogP contribution >= 0.6 is 11.6 Å². The molecule has 1 aromatic heterocycles. The Morgan fingerprint density at radius 3 is 2.32 bits per heavy atom. The molecule has 0 atom stereocenters. The highest BCUT2D eigenvalue weighted by molar-refractivity contribution is 7.92. The van der Waals surface area contributed by atoms with Crippen LogP contribution in [0.2, 0.25) is 5.02 Å². The molecule has 0 aliphatic heterocycles. The molecular weight excluding hydrogens is 480 g/mol. The molecule has 0 aliphatic carbocycles. The summed E-state index contributed by atoms with van der Waals surface area (Å²) in [6.45, 7) is 3.48. The third-order valence-corrected chi connectivity index (χ3v) is 6.81. The van der Waals surface area contributed by atoms with Gasteiger partial charge in [0.25, 0.3) is 10.0 Å². The number of carboxylic acid groups (broad SMARTS) is 1. The second-order valence-corrected chi connectivity index (χ2v) is 9.22. The molecule has 3 aromatic rings. The van der Waals surface area contributed by atoms with E-state index in [-0.39, 0.29) is 22.0 Å². The Balaban J connectivity index is 2.02. The highest BCUT2D eigenvalue weighted by atomic mass is 35.5. The number of anilines is 1. The highest BCUT2D eigenvalue weighted by Gasteiger charge is 2.21. The van der Waals surface area contributed by atoms with Crippen molar-refractivity contribution in [1.82, 2.24) is 4.98 Å². The molecule has 3 rings (SSSR count). The molecule has 0 amide bonds. The summed E-state index contributed by atoms with van der Waals surface area (Å²) in [6.07, 6.45) is 1.27. The first kappa shape index (κ1) is 24.9. The third kappa shape index (κ3) is 5.25. The predicted octanol–water partition coefficient (Wildman–Crippen LogP) is 4.27. The zero-order valence-corrected chi connectivity index (χ0v) is 20.3. The molecule has 0 bridgehead atoms. The number of nitrogens with zero attached hydrogens (tertiary/aromatic N) is 1. The zero-order valence-electron chi connectivity index (χ0n) is 18.8. The van der Waals surface area contributed by atoms with Crippen molar-refractivity contribution in [2.75, 3.05) is 18.9 Å². The van der Waals surface area contributed by atoms with Gasteiger partial charge in [0.15, 0.2) is 5.69 Å². The molecule has 0 saturated carbocycles. The van der Waals surface area contributed by atoms with E-state index in [0.717, 1.165) is 0 Å². The number of methoxy groups -OCH3 is 2. The Kier molecular flexibility index (Phi) is 7.35. The number of sulfonamides is 1. The van der Waals surface area contributed by atoms with Gasteiger partial charge >= 0.3 is 5.97 Å². The van der Waals surface area contributed by atoms with Crippen molar-refractivity contribution in [2.24, 2.45) is 0 Å². The van der Waals surface area contributed by atoms with Crippen molar-refractivity contribution in [1.29, 1.82) is 0 Å². The quantitative estimate of drug-likeness (QED) is 0.486. The van der Waals surface area contributed by atoms with Gasteiger partial charge in [0.05, 0.1) is 35.9 Å². The first-order valence-corrected chi connectivity index (χ1v) is 11.7. The number of aromatic nitrogens is 1. The molecule has 176 valence electrons. The van der Waals surface area contributed by atoms with Gasteiger partial charge in [-0.1, -0.05) is 23.4 Å². The van der Waals surface area contributed by atoms with Crippen molar-refractivity contribution in [2.45, 2.75) is 18.7 Å². The van der Waals surface area contributed by atoms with E-state index >= 15 is 0 Å². The summed E-state index contributed by atoms with van der Waals surface area (Å²) >= 11 is 6.12. The summed E-state index contributed by atoms with van der Waals surface area (Å²) in [4.78, 5) is 15.1. The molecule has 0 fully saturated rings. The first-order valence-electron chi connectivity index (χ1n) is 9.83. The SMILES string of the molecule is COc1cc(C(=O)O)ncc1C#Cc1cc(Cl)ccc1NS(=O)(=O)c1ccc(OC)c(C)c1C. The molecule has 0 unspecified atom stereocenters. The number of pyridine rings is 1. The number of hydrogen-bond acceptors (Lipinski definition) is 6. The smallest absolute Gasteiger partial charge is 0.354 e. The van der Waals surface area contributed by atoms with Crippen LogP contribution < -0.4 is 14.2 Å². The minimum Gasteiger partial charge on any atom is -0.496 e. The number of carboxylic acids is 1. The molecule has 0 saturated heterocycles. The van der Waals surface area contributed by atoms with Crippen LogP contribution in [0.3, 0.4) is 0 Å². The van der Waals surface area contributed by atoms with Gasteiger partial charge in [0, 0.05) is 17.3 Å². The molecule has 2 aromatic carbocycles. The van der Waals surface area contributed by atoms with Crippen LogP contribution in [0.15, 0.2) is 47.5 Å². The number of rotatable bonds is 6. The van der Waals surface area contributed by atoms with Crippen LogP contribution in [0.4, 0.5) is 5.69 Å². The lowest BCUT2D eigenvalue weighted by atomic mass is 10.1. The highest BCUT2D eigenvalue weighted by Crippen LogP contribution is 2.29. The molecule has 0 radical (unpaired) electrons. The van der Waals surface area contributed by atoms with Crippen molar-refractivity contribution >= 4 is 33.3 Å². The minimum atomic E-state index is -3.96. The first-order chi connectivity index (χ1) is 16.1. The van der Waals surface area contributed by atoms with Gasteiger partial charge in [-0.3, -0.25) is 4.72 Å².